The van der Waals surface area contributed by atoms with E-state index in [2.05, 4.69) is 44.9 Å². The predicted octanol–water partition coefficient (Wildman–Crippen LogP) is 1.62. The SMILES string of the molecule is NNC(=O)CC1=CC=C(CCc2cncc(N3CCNCC3)c2)C=CC1. The molecule has 1 aromatic heterocycles. The fourth-order valence-corrected chi connectivity index (χ4v) is 3.26. The molecular formula is C20H27N5O. The molecule has 1 aliphatic heterocycles. The van der Waals surface area contributed by atoms with Crippen LogP contribution < -0.4 is 21.5 Å². The minimum atomic E-state index is -0.155. The number of anilines is 1. The van der Waals surface area contributed by atoms with Crippen molar-refractivity contribution in [1.82, 2.24) is 15.7 Å². The topological polar surface area (TPSA) is 83.3 Å². The van der Waals surface area contributed by atoms with E-state index in [1.807, 2.05) is 18.5 Å². The highest BCUT2D eigenvalue weighted by Crippen LogP contribution is 2.20. The van der Waals surface area contributed by atoms with E-state index in [9.17, 15) is 4.79 Å². The number of hydrogen-bond donors (Lipinski definition) is 3. The van der Waals surface area contributed by atoms with Crippen molar-refractivity contribution in [3.05, 3.63) is 59.5 Å². The van der Waals surface area contributed by atoms with Gasteiger partial charge in [-0.3, -0.25) is 15.2 Å². The van der Waals surface area contributed by atoms with Gasteiger partial charge in [-0.1, -0.05) is 29.9 Å². The zero-order valence-electron chi connectivity index (χ0n) is 15.1. The van der Waals surface area contributed by atoms with Crippen molar-refractivity contribution >= 4 is 11.6 Å². The Balaban J connectivity index is 1.59. The summed E-state index contributed by atoms with van der Waals surface area (Å²) in [5, 5.41) is 3.38. The number of rotatable bonds is 6. The standard InChI is InChI=1S/C20H27N5O/c21-24-20(26)13-17-3-1-2-16(4-6-17)5-7-18-12-19(15-23-14-18)25-10-8-22-9-11-25/h1-2,4,6,12,14-15,22H,3,5,7-11,13,21H2,(H,24,26). The molecule has 2 aliphatic rings. The summed E-state index contributed by atoms with van der Waals surface area (Å²) < 4.78 is 0. The second-order valence-corrected chi connectivity index (χ2v) is 6.71. The summed E-state index contributed by atoms with van der Waals surface area (Å²) >= 11 is 0. The van der Waals surface area contributed by atoms with Gasteiger partial charge >= 0.3 is 0 Å². The van der Waals surface area contributed by atoms with Gasteiger partial charge in [-0.15, -0.1) is 0 Å². The molecule has 0 unspecified atom stereocenters. The Morgan fingerprint density at radius 1 is 1.23 bits per heavy atom. The fourth-order valence-electron chi connectivity index (χ4n) is 3.26. The van der Waals surface area contributed by atoms with Gasteiger partial charge in [0.05, 0.1) is 11.9 Å². The second kappa shape index (κ2) is 9.31. The zero-order valence-corrected chi connectivity index (χ0v) is 15.1. The van der Waals surface area contributed by atoms with Crippen molar-refractivity contribution in [2.24, 2.45) is 5.84 Å². The Kier molecular flexibility index (Phi) is 6.57. The minimum absolute atomic E-state index is 0.155. The predicted molar refractivity (Wildman–Crippen MR) is 105 cm³/mol. The Bertz CT molecular complexity index is 717. The van der Waals surface area contributed by atoms with E-state index in [0.717, 1.165) is 51.0 Å². The second-order valence-electron chi connectivity index (χ2n) is 6.71. The van der Waals surface area contributed by atoms with Crippen LogP contribution in [0.25, 0.3) is 0 Å². The molecule has 0 bridgehead atoms. The van der Waals surface area contributed by atoms with E-state index in [0.29, 0.717) is 6.42 Å². The van der Waals surface area contributed by atoms with Crippen LogP contribution >= 0.6 is 0 Å². The number of nitrogens with two attached hydrogens (primary N) is 1. The van der Waals surface area contributed by atoms with Crippen LogP contribution in [0.15, 0.2) is 53.9 Å². The maximum absolute atomic E-state index is 11.4. The number of nitrogens with one attached hydrogen (secondary N) is 2. The molecule has 1 aromatic rings. The largest absolute Gasteiger partial charge is 0.368 e. The summed E-state index contributed by atoms with van der Waals surface area (Å²) in [4.78, 5) is 18.2. The number of aromatic nitrogens is 1. The van der Waals surface area contributed by atoms with Gasteiger partial charge in [0.1, 0.15) is 0 Å². The molecule has 6 nitrogen and oxygen atoms in total. The van der Waals surface area contributed by atoms with Gasteiger partial charge in [-0.05, 0) is 36.5 Å². The minimum Gasteiger partial charge on any atom is -0.368 e. The average Bonchev–Trinajstić information content (AvgIpc) is 2.92. The van der Waals surface area contributed by atoms with Crippen LogP contribution in [-0.2, 0) is 11.2 Å². The maximum atomic E-state index is 11.4. The number of hydrazine groups is 1. The quantitative estimate of drug-likeness (QED) is 0.411. The summed E-state index contributed by atoms with van der Waals surface area (Å²) in [5.74, 6) is 5.01. The maximum Gasteiger partial charge on any atom is 0.237 e. The molecule has 1 amide bonds. The number of aryl methyl sites for hydroxylation is 1. The van der Waals surface area contributed by atoms with Crippen LogP contribution in [0, 0.1) is 0 Å². The van der Waals surface area contributed by atoms with E-state index in [1.165, 1.54) is 16.8 Å². The van der Waals surface area contributed by atoms with Gasteiger partial charge in [0, 0.05) is 38.8 Å². The van der Waals surface area contributed by atoms with Gasteiger partial charge in [0.25, 0.3) is 0 Å². The number of piperazine rings is 1. The molecule has 0 saturated carbocycles. The first-order valence-corrected chi connectivity index (χ1v) is 9.19. The van der Waals surface area contributed by atoms with Gasteiger partial charge in [-0.25, -0.2) is 5.84 Å². The highest BCUT2D eigenvalue weighted by molar-refractivity contribution is 5.78. The number of nitrogens with zero attached hydrogens (tertiary/aromatic N) is 2. The Morgan fingerprint density at radius 3 is 2.88 bits per heavy atom. The summed E-state index contributed by atoms with van der Waals surface area (Å²) in [6.45, 7) is 4.11. The van der Waals surface area contributed by atoms with Crippen molar-refractivity contribution in [2.75, 3.05) is 31.1 Å². The zero-order chi connectivity index (χ0) is 18.2. The van der Waals surface area contributed by atoms with E-state index in [4.69, 9.17) is 5.84 Å². The molecule has 0 aromatic carbocycles. The molecule has 1 fully saturated rings. The van der Waals surface area contributed by atoms with Crippen molar-refractivity contribution < 1.29 is 4.79 Å². The van der Waals surface area contributed by atoms with Crippen LogP contribution in [0.1, 0.15) is 24.8 Å². The summed E-state index contributed by atoms with van der Waals surface area (Å²) in [7, 11) is 0. The van der Waals surface area contributed by atoms with Crippen LogP contribution in [-0.4, -0.2) is 37.1 Å². The molecule has 26 heavy (non-hydrogen) atoms. The summed E-state index contributed by atoms with van der Waals surface area (Å²) in [6.07, 6.45) is 15.4. The number of amides is 1. The first-order valence-electron chi connectivity index (χ1n) is 9.19. The van der Waals surface area contributed by atoms with Crippen LogP contribution in [0.4, 0.5) is 5.69 Å². The highest BCUT2D eigenvalue weighted by Gasteiger charge is 2.11. The molecule has 6 heteroatoms. The van der Waals surface area contributed by atoms with Gasteiger partial charge in [0.15, 0.2) is 0 Å². The van der Waals surface area contributed by atoms with Crippen molar-refractivity contribution in [3.63, 3.8) is 0 Å². The lowest BCUT2D eigenvalue weighted by atomic mass is 10.0. The number of hydrogen-bond acceptors (Lipinski definition) is 5. The molecule has 1 aliphatic carbocycles. The van der Waals surface area contributed by atoms with Gasteiger partial charge < -0.3 is 10.2 Å². The normalized spacial score (nSPS) is 17.3. The third-order valence-electron chi connectivity index (χ3n) is 4.76. The molecule has 3 rings (SSSR count). The lowest BCUT2D eigenvalue weighted by Gasteiger charge is -2.29. The molecule has 0 spiro atoms. The third kappa shape index (κ3) is 5.28. The van der Waals surface area contributed by atoms with E-state index in [-0.39, 0.29) is 5.91 Å². The first kappa shape index (κ1) is 18.4. The molecule has 138 valence electrons. The Morgan fingerprint density at radius 2 is 2.08 bits per heavy atom. The van der Waals surface area contributed by atoms with Crippen LogP contribution in [0.3, 0.4) is 0 Å². The Hall–Kier alpha value is -2.44. The molecule has 4 N–H and O–H groups in total. The molecule has 0 radical (unpaired) electrons. The first-order chi connectivity index (χ1) is 12.7. The van der Waals surface area contributed by atoms with Crippen molar-refractivity contribution in [2.45, 2.75) is 25.7 Å². The smallest absolute Gasteiger partial charge is 0.237 e. The summed E-state index contributed by atoms with van der Waals surface area (Å²) in [6, 6.07) is 2.26. The number of pyridine rings is 1. The highest BCUT2D eigenvalue weighted by atomic mass is 16.2. The number of allylic oxidation sites excluding steroid dienone is 5. The van der Waals surface area contributed by atoms with E-state index >= 15 is 0 Å². The van der Waals surface area contributed by atoms with Gasteiger partial charge in [0.2, 0.25) is 5.91 Å². The fraction of sp³-hybridized carbons (Fsp3) is 0.400. The average molecular weight is 353 g/mol. The Labute approximate surface area is 154 Å². The lowest BCUT2D eigenvalue weighted by Crippen LogP contribution is -2.43. The van der Waals surface area contributed by atoms with E-state index < -0.39 is 0 Å². The van der Waals surface area contributed by atoms with Gasteiger partial charge in [-0.2, -0.15) is 0 Å². The summed E-state index contributed by atoms with van der Waals surface area (Å²) in [5.41, 5.74) is 6.99. The van der Waals surface area contributed by atoms with Crippen LogP contribution in [0.2, 0.25) is 0 Å². The van der Waals surface area contributed by atoms with Crippen molar-refractivity contribution in [3.8, 4) is 0 Å². The van der Waals surface area contributed by atoms with Crippen LogP contribution in [0.5, 0.6) is 0 Å². The molecule has 0 atom stereocenters. The molecule has 1 saturated heterocycles. The monoisotopic (exact) mass is 353 g/mol. The molecule has 2 heterocycles. The third-order valence-corrected chi connectivity index (χ3v) is 4.76. The number of carbonyl (C=O) groups excluding carboxylic acids is 1. The molecular weight excluding hydrogens is 326 g/mol. The van der Waals surface area contributed by atoms with E-state index in [1.54, 1.807) is 0 Å². The number of carbonyl (C=O) groups is 1. The lowest BCUT2D eigenvalue weighted by molar-refractivity contribution is -0.120. The van der Waals surface area contributed by atoms with Crippen molar-refractivity contribution in [1.29, 1.82) is 0 Å².